The minimum absolute atomic E-state index is 0.0381. The molecule has 1 atom stereocenters. The van der Waals surface area contributed by atoms with E-state index in [1.54, 1.807) is 33.7 Å². The Hall–Kier alpha value is -4.12. The number of Topliss-reactive ketones (excluding diaryl/α,β-unsaturated/α-hetero) is 1. The number of aromatic nitrogens is 5. The molecular weight excluding hydrogens is 450 g/mol. The maximum Gasteiger partial charge on any atom is 0.248 e. The van der Waals surface area contributed by atoms with Crippen LogP contribution in [-0.4, -0.2) is 68.5 Å². The lowest BCUT2D eigenvalue weighted by atomic mass is 10.1. The van der Waals surface area contributed by atoms with Gasteiger partial charge < -0.3 is 29.4 Å². The fourth-order valence-electron chi connectivity index (χ4n) is 4.49. The van der Waals surface area contributed by atoms with Gasteiger partial charge in [-0.25, -0.2) is 9.50 Å². The number of benzene rings is 1. The molecule has 11 heteroatoms. The lowest BCUT2D eigenvalue weighted by Crippen LogP contribution is -2.33. The highest BCUT2D eigenvalue weighted by molar-refractivity contribution is 5.98. The summed E-state index contributed by atoms with van der Waals surface area (Å²) < 4.78 is 14.4. The molecule has 11 nitrogen and oxygen atoms in total. The fourth-order valence-corrected chi connectivity index (χ4v) is 4.49. The molecule has 5 rings (SSSR count). The van der Waals surface area contributed by atoms with Crippen molar-refractivity contribution in [2.45, 2.75) is 25.8 Å². The first-order valence-corrected chi connectivity index (χ1v) is 11.3. The number of ether oxygens (including phenoxy) is 2. The Labute approximate surface area is 201 Å². The molecule has 1 fully saturated rings. The van der Waals surface area contributed by atoms with Crippen molar-refractivity contribution >= 4 is 28.9 Å². The Morgan fingerprint density at radius 3 is 2.89 bits per heavy atom. The fraction of sp³-hybridized carbons (Fsp3) is 0.333. The highest BCUT2D eigenvalue weighted by atomic mass is 16.5. The van der Waals surface area contributed by atoms with E-state index in [1.165, 1.54) is 21.1 Å². The molecule has 1 aliphatic rings. The van der Waals surface area contributed by atoms with E-state index in [0.717, 1.165) is 30.7 Å². The predicted octanol–water partition coefficient (Wildman–Crippen LogP) is 2.84. The molecule has 1 saturated heterocycles. The number of imidazole rings is 1. The minimum atomic E-state index is -0.135. The van der Waals surface area contributed by atoms with Gasteiger partial charge in [0.25, 0.3) is 0 Å². The molecule has 2 N–H and O–H groups in total. The largest absolute Gasteiger partial charge is 0.493 e. The Morgan fingerprint density at radius 2 is 2.14 bits per heavy atom. The number of hydrogen-bond donors (Lipinski definition) is 2. The number of nitrogens with zero attached hydrogens (tertiary/aromatic N) is 6. The number of ketones is 1. The number of fused-ring (bicyclic) bond motifs is 1. The van der Waals surface area contributed by atoms with Gasteiger partial charge in [-0.3, -0.25) is 4.79 Å². The van der Waals surface area contributed by atoms with Gasteiger partial charge in [0.1, 0.15) is 11.8 Å². The Bertz CT molecular complexity index is 1380. The van der Waals surface area contributed by atoms with Crippen molar-refractivity contribution in [2.24, 2.45) is 0 Å². The number of anilines is 3. The zero-order valence-electron chi connectivity index (χ0n) is 19.8. The molecule has 4 heterocycles. The standard InChI is InChI=1S/C24H27N7O4/c1-15(33)18-10-17(11-20(34-2)22(18)35-3)29-12-21(25-14-29)26-24-27-23(19-7-5-9-31(19)28-24)30-8-4-6-16(30)13-32/h5,7,9-12,14,16,32H,4,6,8,13H2,1-3H3,(H,26,28)/t16-/m0/s1. The van der Waals surface area contributed by atoms with Gasteiger partial charge in [-0.05, 0) is 38.0 Å². The van der Waals surface area contributed by atoms with Crippen LogP contribution in [0.3, 0.4) is 0 Å². The number of aliphatic hydroxyl groups excluding tert-OH is 1. The van der Waals surface area contributed by atoms with E-state index in [1.807, 2.05) is 18.3 Å². The number of nitrogens with one attached hydrogen (secondary N) is 1. The third kappa shape index (κ3) is 4.14. The van der Waals surface area contributed by atoms with Crippen LogP contribution < -0.4 is 19.7 Å². The molecule has 182 valence electrons. The zero-order valence-corrected chi connectivity index (χ0v) is 19.8. The van der Waals surface area contributed by atoms with Gasteiger partial charge in [-0.1, -0.05) is 0 Å². The third-order valence-electron chi connectivity index (χ3n) is 6.20. The van der Waals surface area contributed by atoms with Gasteiger partial charge in [-0.15, -0.1) is 5.10 Å². The topological polar surface area (TPSA) is 119 Å². The molecular formula is C24H27N7O4. The van der Waals surface area contributed by atoms with Crippen LogP contribution in [0.5, 0.6) is 11.5 Å². The predicted molar refractivity (Wildman–Crippen MR) is 130 cm³/mol. The first-order chi connectivity index (χ1) is 17.0. The van der Waals surface area contributed by atoms with E-state index in [-0.39, 0.29) is 18.4 Å². The Balaban J connectivity index is 1.47. The number of carbonyl (C=O) groups is 1. The summed E-state index contributed by atoms with van der Waals surface area (Å²) in [7, 11) is 3.03. The summed E-state index contributed by atoms with van der Waals surface area (Å²) in [5, 5.41) is 17.5. The lowest BCUT2D eigenvalue weighted by Gasteiger charge is -2.25. The van der Waals surface area contributed by atoms with Gasteiger partial charge in [-0.2, -0.15) is 4.98 Å². The number of aliphatic hydroxyl groups is 1. The molecule has 1 aliphatic heterocycles. The van der Waals surface area contributed by atoms with Crippen molar-refractivity contribution < 1.29 is 19.4 Å². The Kier molecular flexibility index (Phi) is 6.00. The monoisotopic (exact) mass is 477 g/mol. The van der Waals surface area contributed by atoms with Crippen LogP contribution in [0.1, 0.15) is 30.1 Å². The highest BCUT2D eigenvalue weighted by Crippen LogP contribution is 2.35. The number of rotatable bonds is 8. The molecule has 1 aromatic carbocycles. The van der Waals surface area contributed by atoms with Gasteiger partial charge in [0.2, 0.25) is 5.95 Å². The van der Waals surface area contributed by atoms with Gasteiger partial charge >= 0.3 is 0 Å². The lowest BCUT2D eigenvalue weighted by molar-refractivity contribution is 0.101. The van der Waals surface area contributed by atoms with Crippen molar-refractivity contribution in [3.63, 3.8) is 0 Å². The van der Waals surface area contributed by atoms with Crippen molar-refractivity contribution in [3.8, 4) is 17.2 Å². The van der Waals surface area contributed by atoms with Crippen molar-refractivity contribution in [2.75, 3.05) is 37.6 Å². The average molecular weight is 478 g/mol. The van der Waals surface area contributed by atoms with Crippen molar-refractivity contribution in [3.05, 3.63) is 48.5 Å². The molecule has 4 aromatic rings. The molecule has 0 amide bonds. The van der Waals surface area contributed by atoms with Gasteiger partial charge in [0, 0.05) is 18.8 Å². The third-order valence-corrected chi connectivity index (χ3v) is 6.20. The highest BCUT2D eigenvalue weighted by Gasteiger charge is 2.27. The summed E-state index contributed by atoms with van der Waals surface area (Å²) in [6, 6.07) is 7.43. The normalized spacial score (nSPS) is 15.5. The van der Waals surface area contributed by atoms with Crippen LogP contribution in [0.25, 0.3) is 11.2 Å². The summed E-state index contributed by atoms with van der Waals surface area (Å²) in [4.78, 5) is 23.5. The molecule has 35 heavy (non-hydrogen) atoms. The van der Waals surface area contributed by atoms with Crippen LogP contribution in [0.4, 0.5) is 17.6 Å². The summed E-state index contributed by atoms with van der Waals surface area (Å²) in [5.41, 5.74) is 1.99. The maximum atomic E-state index is 12.2. The second kappa shape index (κ2) is 9.26. The van der Waals surface area contributed by atoms with Crippen LogP contribution in [0.2, 0.25) is 0 Å². The van der Waals surface area contributed by atoms with Gasteiger partial charge in [0.15, 0.2) is 28.9 Å². The first kappa shape index (κ1) is 22.7. The first-order valence-electron chi connectivity index (χ1n) is 11.3. The minimum Gasteiger partial charge on any atom is -0.493 e. The molecule has 0 saturated carbocycles. The molecule has 0 unspecified atom stereocenters. The summed E-state index contributed by atoms with van der Waals surface area (Å²) >= 11 is 0. The molecule has 0 aliphatic carbocycles. The van der Waals surface area contributed by atoms with E-state index in [2.05, 4.69) is 20.3 Å². The number of methoxy groups -OCH3 is 2. The molecule has 0 bridgehead atoms. The second-order valence-electron chi connectivity index (χ2n) is 8.35. The zero-order chi connectivity index (χ0) is 24.5. The van der Waals surface area contributed by atoms with Gasteiger partial charge in [0.05, 0.1) is 44.3 Å². The van der Waals surface area contributed by atoms with E-state index < -0.39 is 0 Å². The summed E-state index contributed by atoms with van der Waals surface area (Å²) in [6.45, 7) is 2.39. The van der Waals surface area contributed by atoms with Crippen LogP contribution in [0.15, 0.2) is 43.0 Å². The summed E-state index contributed by atoms with van der Waals surface area (Å²) in [5.74, 6) is 2.40. The van der Waals surface area contributed by atoms with E-state index in [9.17, 15) is 9.90 Å². The molecule has 3 aromatic heterocycles. The van der Waals surface area contributed by atoms with Crippen LogP contribution >= 0.6 is 0 Å². The smallest absolute Gasteiger partial charge is 0.248 e. The molecule has 0 spiro atoms. The number of carbonyl (C=O) groups excluding carboxylic acids is 1. The molecule has 0 radical (unpaired) electrons. The quantitative estimate of drug-likeness (QED) is 0.369. The Morgan fingerprint density at radius 1 is 1.29 bits per heavy atom. The van der Waals surface area contributed by atoms with E-state index >= 15 is 0 Å². The number of hydrogen-bond acceptors (Lipinski definition) is 9. The summed E-state index contributed by atoms with van der Waals surface area (Å²) in [6.07, 6.45) is 7.20. The van der Waals surface area contributed by atoms with Crippen molar-refractivity contribution in [1.82, 2.24) is 24.1 Å². The average Bonchev–Trinajstić information content (AvgIpc) is 3.63. The van der Waals surface area contributed by atoms with E-state index in [4.69, 9.17) is 14.5 Å². The van der Waals surface area contributed by atoms with Crippen LogP contribution in [0, 0.1) is 0 Å². The maximum absolute atomic E-state index is 12.2. The SMILES string of the molecule is COc1cc(-n2cnc(Nc3nc(N4CCC[C@H]4CO)c4cccn4n3)c2)cc(C(C)=O)c1OC. The van der Waals surface area contributed by atoms with E-state index in [0.29, 0.717) is 34.5 Å². The second-order valence-corrected chi connectivity index (χ2v) is 8.35. The van der Waals surface area contributed by atoms with Crippen LogP contribution in [-0.2, 0) is 0 Å². The van der Waals surface area contributed by atoms with Crippen molar-refractivity contribution in [1.29, 1.82) is 0 Å².